The summed E-state index contributed by atoms with van der Waals surface area (Å²) >= 11 is 0. The largest absolute Gasteiger partial charge is 0.465 e. The third kappa shape index (κ3) is 2.65. The van der Waals surface area contributed by atoms with Crippen molar-refractivity contribution >= 4 is 16.7 Å². The monoisotopic (exact) mass is 244 g/mol. The van der Waals surface area contributed by atoms with Gasteiger partial charge in [0.1, 0.15) is 6.04 Å². The fourth-order valence-electron chi connectivity index (χ4n) is 1.94. The lowest BCUT2D eigenvalue weighted by Crippen LogP contribution is -2.34. The van der Waals surface area contributed by atoms with E-state index in [4.69, 9.17) is 10.5 Å². The van der Waals surface area contributed by atoms with E-state index in [2.05, 4.69) is 4.98 Å². The number of pyridine rings is 1. The molecule has 0 fully saturated rings. The van der Waals surface area contributed by atoms with Crippen molar-refractivity contribution < 1.29 is 9.53 Å². The van der Waals surface area contributed by atoms with Crippen molar-refractivity contribution in [2.45, 2.75) is 19.4 Å². The van der Waals surface area contributed by atoms with Gasteiger partial charge in [0.2, 0.25) is 0 Å². The van der Waals surface area contributed by atoms with Crippen LogP contribution in [0, 0.1) is 0 Å². The fourth-order valence-corrected chi connectivity index (χ4v) is 1.94. The number of benzene rings is 1. The van der Waals surface area contributed by atoms with Crippen LogP contribution in [0.1, 0.15) is 12.5 Å². The Morgan fingerprint density at radius 1 is 1.44 bits per heavy atom. The van der Waals surface area contributed by atoms with Gasteiger partial charge in [0, 0.05) is 17.8 Å². The van der Waals surface area contributed by atoms with Gasteiger partial charge in [-0.2, -0.15) is 0 Å². The van der Waals surface area contributed by atoms with Crippen LogP contribution in [0.3, 0.4) is 0 Å². The Kier molecular flexibility index (Phi) is 3.89. The minimum absolute atomic E-state index is 0.353. The van der Waals surface area contributed by atoms with E-state index in [0.29, 0.717) is 13.0 Å². The number of aromatic nitrogens is 1. The van der Waals surface area contributed by atoms with E-state index in [1.807, 2.05) is 24.3 Å². The SMILES string of the molecule is CCOC(=O)[C@H](N)Cc1cccc2cnccc12. The zero-order valence-corrected chi connectivity index (χ0v) is 10.3. The molecule has 0 saturated heterocycles. The Morgan fingerprint density at radius 2 is 2.28 bits per heavy atom. The molecule has 0 unspecified atom stereocenters. The smallest absolute Gasteiger partial charge is 0.323 e. The molecule has 0 aliphatic heterocycles. The number of hydrogen-bond donors (Lipinski definition) is 1. The van der Waals surface area contributed by atoms with E-state index < -0.39 is 6.04 Å². The van der Waals surface area contributed by atoms with Crippen LogP contribution in [-0.4, -0.2) is 23.6 Å². The minimum Gasteiger partial charge on any atom is -0.465 e. The van der Waals surface area contributed by atoms with Gasteiger partial charge in [0.15, 0.2) is 0 Å². The highest BCUT2D eigenvalue weighted by Gasteiger charge is 2.16. The Bertz CT molecular complexity index is 549. The Morgan fingerprint density at radius 3 is 3.06 bits per heavy atom. The molecule has 4 nitrogen and oxygen atoms in total. The maximum atomic E-state index is 11.5. The lowest BCUT2D eigenvalue weighted by atomic mass is 10.0. The average molecular weight is 244 g/mol. The topological polar surface area (TPSA) is 65.2 Å². The molecule has 0 spiro atoms. The Labute approximate surface area is 106 Å². The van der Waals surface area contributed by atoms with Crippen LogP contribution >= 0.6 is 0 Å². The van der Waals surface area contributed by atoms with Gasteiger partial charge in [-0.3, -0.25) is 9.78 Å². The van der Waals surface area contributed by atoms with E-state index in [0.717, 1.165) is 16.3 Å². The van der Waals surface area contributed by atoms with E-state index in [1.165, 1.54) is 0 Å². The zero-order valence-electron chi connectivity index (χ0n) is 10.3. The maximum Gasteiger partial charge on any atom is 0.323 e. The quantitative estimate of drug-likeness (QED) is 0.831. The highest BCUT2D eigenvalue weighted by molar-refractivity contribution is 5.85. The number of fused-ring (bicyclic) bond motifs is 1. The minimum atomic E-state index is -0.622. The molecule has 0 bridgehead atoms. The molecule has 0 amide bonds. The van der Waals surface area contributed by atoms with Crippen molar-refractivity contribution in [2.75, 3.05) is 6.61 Å². The van der Waals surface area contributed by atoms with Crippen LogP contribution in [0.4, 0.5) is 0 Å². The second-order valence-corrected chi connectivity index (χ2v) is 4.08. The van der Waals surface area contributed by atoms with Gasteiger partial charge in [-0.25, -0.2) is 0 Å². The second kappa shape index (κ2) is 5.60. The summed E-state index contributed by atoms with van der Waals surface area (Å²) in [5.41, 5.74) is 6.87. The Balaban J connectivity index is 2.24. The normalized spacial score (nSPS) is 12.3. The van der Waals surface area contributed by atoms with E-state index >= 15 is 0 Å². The summed E-state index contributed by atoms with van der Waals surface area (Å²) in [5, 5.41) is 2.12. The molecule has 1 heterocycles. The first-order valence-electron chi connectivity index (χ1n) is 5.96. The molecule has 4 heteroatoms. The first-order valence-corrected chi connectivity index (χ1v) is 5.96. The van der Waals surface area contributed by atoms with Gasteiger partial charge < -0.3 is 10.5 Å². The predicted molar refractivity (Wildman–Crippen MR) is 70.1 cm³/mol. The van der Waals surface area contributed by atoms with E-state index in [1.54, 1.807) is 19.3 Å². The zero-order chi connectivity index (χ0) is 13.0. The van der Waals surface area contributed by atoms with Gasteiger partial charge in [-0.05, 0) is 30.4 Å². The number of nitrogens with two attached hydrogens (primary N) is 1. The summed E-state index contributed by atoms with van der Waals surface area (Å²) < 4.78 is 4.91. The van der Waals surface area contributed by atoms with Gasteiger partial charge in [0.25, 0.3) is 0 Å². The Hall–Kier alpha value is -1.94. The number of rotatable bonds is 4. The maximum absolute atomic E-state index is 11.5. The third-order valence-corrected chi connectivity index (χ3v) is 2.80. The molecule has 2 aromatic rings. The molecular weight excluding hydrogens is 228 g/mol. The van der Waals surface area contributed by atoms with Crippen molar-refractivity contribution in [1.29, 1.82) is 0 Å². The van der Waals surface area contributed by atoms with E-state index in [9.17, 15) is 4.79 Å². The standard InChI is InChI=1S/C14H16N2O2/c1-2-18-14(17)13(15)8-10-4-3-5-11-9-16-7-6-12(10)11/h3-7,9,13H,2,8,15H2,1H3/t13-/m1/s1. The molecular formula is C14H16N2O2. The van der Waals surface area contributed by atoms with Crippen molar-refractivity contribution in [3.63, 3.8) is 0 Å². The first kappa shape index (κ1) is 12.5. The number of esters is 1. The van der Waals surface area contributed by atoms with Crippen molar-refractivity contribution in [1.82, 2.24) is 4.98 Å². The van der Waals surface area contributed by atoms with Crippen LogP contribution in [0.2, 0.25) is 0 Å². The van der Waals surface area contributed by atoms with Crippen LogP contribution in [0.5, 0.6) is 0 Å². The molecule has 18 heavy (non-hydrogen) atoms. The number of carbonyl (C=O) groups excluding carboxylic acids is 1. The number of ether oxygens (including phenoxy) is 1. The molecule has 1 aromatic heterocycles. The number of carbonyl (C=O) groups is 1. The summed E-state index contributed by atoms with van der Waals surface area (Å²) in [6, 6.07) is 7.21. The average Bonchev–Trinajstić information content (AvgIpc) is 2.39. The molecule has 0 radical (unpaired) electrons. The lowest BCUT2D eigenvalue weighted by molar-refractivity contribution is -0.144. The number of hydrogen-bond acceptors (Lipinski definition) is 4. The second-order valence-electron chi connectivity index (χ2n) is 4.08. The highest BCUT2D eigenvalue weighted by Crippen LogP contribution is 2.18. The molecule has 2 N–H and O–H groups in total. The number of nitrogens with zero attached hydrogens (tertiary/aromatic N) is 1. The summed E-state index contributed by atoms with van der Waals surface area (Å²) in [6.07, 6.45) is 4.01. The van der Waals surface area contributed by atoms with E-state index in [-0.39, 0.29) is 5.97 Å². The summed E-state index contributed by atoms with van der Waals surface area (Å²) in [6.45, 7) is 2.13. The lowest BCUT2D eigenvalue weighted by Gasteiger charge is -2.12. The van der Waals surface area contributed by atoms with Crippen molar-refractivity contribution in [3.05, 3.63) is 42.2 Å². The van der Waals surface area contributed by atoms with Crippen molar-refractivity contribution in [2.24, 2.45) is 5.73 Å². The first-order chi connectivity index (χ1) is 8.72. The third-order valence-electron chi connectivity index (χ3n) is 2.80. The summed E-state index contributed by atoms with van der Waals surface area (Å²) in [4.78, 5) is 15.6. The van der Waals surface area contributed by atoms with Crippen molar-refractivity contribution in [3.8, 4) is 0 Å². The van der Waals surface area contributed by atoms with Gasteiger partial charge in [-0.15, -0.1) is 0 Å². The van der Waals surface area contributed by atoms with Gasteiger partial charge >= 0.3 is 5.97 Å². The molecule has 1 atom stereocenters. The van der Waals surface area contributed by atoms with Crippen LogP contribution in [0.15, 0.2) is 36.7 Å². The van der Waals surface area contributed by atoms with Crippen LogP contribution in [0.25, 0.3) is 10.8 Å². The molecule has 0 aliphatic rings. The summed E-state index contributed by atoms with van der Waals surface area (Å²) in [5.74, 6) is -0.358. The molecule has 94 valence electrons. The molecule has 1 aromatic carbocycles. The van der Waals surface area contributed by atoms with Gasteiger partial charge in [0.05, 0.1) is 6.61 Å². The van der Waals surface area contributed by atoms with Crippen LogP contribution < -0.4 is 5.73 Å². The summed E-state index contributed by atoms with van der Waals surface area (Å²) in [7, 11) is 0. The molecule has 0 aliphatic carbocycles. The molecule has 2 rings (SSSR count). The fraction of sp³-hybridized carbons (Fsp3) is 0.286. The highest BCUT2D eigenvalue weighted by atomic mass is 16.5. The molecule has 0 saturated carbocycles. The predicted octanol–water partition coefficient (Wildman–Crippen LogP) is 1.67. The van der Waals surface area contributed by atoms with Crippen LogP contribution in [-0.2, 0) is 16.0 Å². The van der Waals surface area contributed by atoms with Gasteiger partial charge in [-0.1, -0.05) is 18.2 Å².